The molecule has 0 fully saturated rings. The van der Waals surface area contributed by atoms with E-state index in [9.17, 15) is 14.4 Å². The summed E-state index contributed by atoms with van der Waals surface area (Å²) in [6, 6.07) is 19.1. The van der Waals surface area contributed by atoms with Gasteiger partial charge in [-0.05, 0) is 49.4 Å². The summed E-state index contributed by atoms with van der Waals surface area (Å²) in [5, 5.41) is 2.49. The molecule has 1 aliphatic carbocycles. The number of fused-ring (bicyclic) bond motifs is 2. The van der Waals surface area contributed by atoms with E-state index in [-0.39, 0.29) is 22.7 Å². The minimum Gasteiger partial charge on any atom is -0.497 e. The summed E-state index contributed by atoms with van der Waals surface area (Å²) in [5.74, 6) is 0.176. The maximum absolute atomic E-state index is 12.8. The molecule has 0 saturated heterocycles. The van der Waals surface area contributed by atoms with Crippen LogP contribution in [0.4, 0.5) is 5.69 Å². The summed E-state index contributed by atoms with van der Waals surface area (Å²) in [7, 11) is 1.60. The Bertz CT molecular complexity index is 1150. The number of carbonyl (C=O) groups is 3. The molecule has 0 aromatic heterocycles. The molecule has 0 spiro atoms. The van der Waals surface area contributed by atoms with E-state index in [0.717, 1.165) is 10.6 Å². The zero-order valence-corrected chi connectivity index (χ0v) is 17.3. The quantitative estimate of drug-likeness (QED) is 0.481. The van der Waals surface area contributed by atoms with Crippen molar-refractivity contribution < 1.29 is 19.1 Å². The van der Waals surface area contributed by atoms with Gasteiger partial charge in [-0.2, -0.15) is 0 Å². The van der Waals surface area contributed by atoms with Crippen molar-refractivity contribution in [3.8, 4) is 5.75 Å². The number of amides is 1. The van der Waals surface area contributed by atoms with Gasteiger partial charge in [-0.25, -0.2) is 0 Å². The standard InChI is InChI=1S/C24H19NO4S/c1-14(30-17-10-8-16(29-2)9-11-17)24(28)25-15-7-12-20-21(13-15)23(27)19-6-4-3-5-18(19)22(20)26/h3-14H,1-2H3,(H,25,28)/t14-/m1/s1. The number of carbonyl (C=O) groups excluding carboxylic acids is 3. The number of hydrogen-bond donors (Lipinski definition) is 1. The van der Waals surface area contributed by atoms with Crippen LogP contribution in [-0.2, 0) is 4.79 Å². The lowest BCUT2D eigenvalue weighted by Gasteiger charge is -2.19. The highest BCUT2D eigenvalue weighted by Gasteiger charge is 2.29. The third kappa shape index (κ3) is 3.74. The average Bonchev–Trinajstić information content (AvgIpc) is 2.78. The van der Waals surface area contributed by atoms with E-state index < -0.39 is 0 Å². The topological polar surface area (TPSA) is 72.5 Å². The Morgan fingerprint density at radius 1 is 0.867 bits per heavy atom. The first-order valence-corrected chi connectivity index (χ1v) is 10.3. The van der Waals surface area contributed by atoms with E-state index in [4.69, 9.17) is 4.74 Å². The summed E-state index contributed by atoms with van der Waals surface area (Å²) in [6.45, 7) is 1.81. The molecule has 0 heterocycles. The molecule has 0 bridgehead atoms. The summed E-state index contributed by atoms with van der Waals surface area (Å²) >= 11 is 1.42. The van der Waals surface area contributed by atoms with E-state index in [1.807, 2.05) is 31.2 Å². The number of anilines is 1. The average molecular weight is 417 g/mol. The summed E-state index contributed by atoms with van der Waals surface area (Å²) in [6.07, 6.45) is 0. The van der Waals surface area contributed by atoms with Crippen molar-refractivity contribution in [1.29, 1.82) is 0 Å². The Labute approximate surface area is 178 Å². The van der Waals surface area contributed by atoms with Crippen LogP contribution in [0, 0.1) is 0 Å². The number of thioether (sulfide) groups is 1. The van der Waals surface area contributed by atoms with E-state index >= 15 is 0 Å². The third-order valence-corrected chi connectivity index (χ3v) is 6.05. The number of methoxy groups -OCH3 is 1. The molecule has 30 heavy (non-hydrogen) atoms. The minimum absolute atomic E-state index is 0.179. The molecule has 4 rings (SSSR count). The maximum atomic E-state index is 12.8. The van der Waals surface area contributed by atoms with Crippen LogP contribution in [0.25, 0.3) is 0 Å². The monoisotopic (exact) mass is 417 g/mol. The van der Waals surface area contributed by atoms with Gasteiger partial charge in [0.1, 0.15) is 5.75 Å². The Morgan fingerprint density at radius 3 is 2.10 bits per heavy atom. The Balaban J connectivity index is 1.50. The van der Waals surface area contributed by atoms with Gasteiger partial charge < -0.3 is 10.1 Å². The van der Waals surface area contributed by atoms with Gasteiger partial charge in [-0.15, -0.1) is 11.8 Å². The highest BCUT2D eigenvalue weighted by Crippen LogP contribution is 2.30. The number of hydrogen-bond acceptors (Lipinski definition) is 5. The molecule has 5 nitrogen and oxygen atoms in total. The lowest BCUT2D eigenvalue weighted by Crippen LogP contribution is -2.24. The summed E-state index contributed by atoms with van der Waals surface area (Å²) in [4.78, 5) is 39.1. The predicted molar refractivity (Wildman–Crippen MR) is 117 cm³/mol. The maximum Gasteiger partial charge on any atom is 0.237 e. The van der Waals surface area contributed by atoms with E-state index in [1.165, 1.54) is 11.8 Å². The third-order valence-electron chi connectivity index (χ3n) is 4.93. The van der Waals surface area contributed by atoms with Crippen molar-refractivity contribution >= 4 is 34.9 Å². The molecule has 6 heteroatoms. The highest BCUT2D eigenvalue weighted by molar-refractivity contribution is 8.00. The molecule has 0 radical (unpaired) electrons. The molecule has 3 aromatic carbocycles. The molecular formula is C24H19NO4S. The predicted octanol–water partition coefficient (Wildman–Crippen LogP) is 4.59. The zero-order chi connectivity index (χ0) is 21.3. The van der Waals surface area contributed by atoms with Crippen LogP contribution >= 0.6 is 11.8 Å². The number of rotatable bonds is 5. The van der Waals surface area contributed by atoms with Crippen molar-refractivity contribution in [2.75, 3.05) is 12.4 Å². The van der Waals surface area contributed by atoms with Gasteiger partial charge >= 0.3 is 0 Å². The summed E-state index contributed by atoms with van der Waals surface area (Å²) in [5.41, 5.74) is 1.96. The van der Waals surface area contributed by atoms with Crippen LogP contribution in [0.1, 0.15) is 38.8 Å². The van der Waals surface area contributed by atoms with Crippen LogP contribution in [0.3, 0.4) is 0 Å². The van der Waals surface area contributed by atoms with Crippen LogP contribution in [-0.4, -0.2) is 29.8 Å². The van der Waals surface area contributed by atoms with Crippen molar-refractivity contribution in [1.82, 2.24) is 0 Å². The first kappa shape index (κ1) is 19.9. The Kier molecular flexibility index (Phi) is 5.42. The first-order chi connectivity index (χ1) is 14.5. The van der Waals surface area contributed by atoms with Crippen LogP contribution in [0.2, 0.25) is 0 Å². The van der Waals surface area contributed by atoms with E-state index in [2.05, 4.69) is 5.32 Å². The van der Waals surface area contributed by atoms with Crippen molar-refractivity contribution in [3.05, 3.63) is 89.0 Å². The van der Waals surface area contributed by atoms with Gasteiger partial charge in [0.15, 0.2) is 11.6 Å². The van der Waals surface area contributed by atoms with Gasteiger partial charge in [0, 0.05) is 32.8 Å². The lowest BCUT2D eigenvalue weighted by molar-refractivity contribution is -0.115. The molecule has 0 aliphatic heterocycles. The minimum atomic E-state index is -0.354. The SMILES string of the molecule is COc1ccc(S[C@H](C)C(=O)Nc2ccc3c(c2)C(=O)c2ccccc2C3=O)cc1. The fourth-order valence-corrected chi connectivity index (χ4v) is 4.20. The van der Waals surface area contributed by atoms with Gasteiger partial charge in [0.25, 0.3) is 0 Å². The molecular weight excluding hydrogens is 398 g/mol. The van der Waals surface area contributed by atoms with Gasteiger partial charge in [0.05, 0.1) is 12.4 Å². The van der Waals surface area contributed by atoms with Gasteiger partial charge in [-0.3, -0.25) is 14.4 Å². The molecule has 150 valence electrons. The number of ketones is 2. The molecule has 1 aliphatic rings. The Morgan fingerprint density at radius 2 is 1.47 bits per heavy atom. The Hall–Kier alpha value is -3.38. The molecule has 1 atom stereocenters. The van der Waals surface area contributed by atoms with E-state index in [0.29, 0.717) is 27.9 Å². The van der Waals surface area contributed by atoms with Gasteiger partial charge in [0.2, 0.25) is 5.91 Å². The van der Waals surface area contributed by atoms with Crippen LogP contribution in [0.5, 0.6) is 5.75 Å². The lowest BCUT2D eigenvalue weighted by atomic mass is 9.84. The van der Waals surface area contributed by atoms with Crippen LogP contribution < -0.4 is 10.1 Å². The van der Waals surface area contributed by atoms with Crippen molar-refractivity contribution in [2.24, 2.45) is 0 Å². The second-order valence-corrected chi connectivity index (χ2v) is 8.30. The van der Waals surface area contributed by atoms with Crippen molar-refractivity contribution in [2.45, 2.75) is 17.1 Å². The van der Waals surface area contributed by atoms with Crippen molar-refractivity contribution in [3.63, 3.8) is 0 Å². The smallest absolute Gasteiger partial charge is 0.237 e. The molecule has 1 N–H and O–H groups in total. The molecule has 3 aromatic rings. The fourth-order valence-electron chi connectivity index (χ4n) is 3.33. The molecule has 0 saturated carbocycles. The molecule has 0 unspecified atom stereocenters. The molecule has 1 amide bonds. The second kappa shape index (κ2) is 8.16. The highest BCUT2D eigenvalue weighted by atomic mass is 32.2. The number of nitrogens with one attached hydrogen (secondary N) is 1. The van der Waals surface area contributed by atoms with Crippen LogP contribution in [0.15, 0.2) is 71.6 Å². The van der Waals surface area contributed by atoms with Gasteiger partial charge in [-0.1, -0.05) is 24.3 Å². The number of benzene rings is 3. The largest absolute Gasteiger partial charge is 0.497 e. The first-order valence-electron chi connectivity index (χ1n) is 9.42. The second-order valence-electron chi connectivity index (χ2n) is 6.89. The normalized spacial score (nSPS) is 13.3. The zero-order valence-electron chi connectivity index (χ0n) is 16.5. The fraction of sp³-hybridized carbons (Fsp3) is 0.125. The summed E-state index contributed by atoms with van der Waals surface area (Å²) < 4.78 is 5.14. The number of ether oxygens (including phenoxy) is 1. The van der Waals surface area contributed by atoms with E-state index in [1.54, 1.807) is 49.6 Å².